The van der Waals surface area contributed by atoms with Crippen LogP contribution in [0.2, 0.25) is 0 Å². The largest absolute Gasteiger partial charge is 0.490 e. The van der Waals surface area contributed by atoms with Gasteiger partial charge in [0.15, 0.2) is 16.6 Å². The van der Waals surface area contributed by atoms with Gasteiger partial charge in [-0.3, -0.25) is 10.1 Å². The smallest absolute Gasteiger partial charge is 0.257 e. The van der Waals surface area contributed by atoms with Crippen molar-refractivity contribution in [1.82, 2.24) is 10.3 Å². The van der Waals surface area contributed by atoms with E-state index in [2.05, 4.69) is 15.6 Å². The Kier molecular flexibility index (Phi) is 8.01. The molecule has 0 unspecified atom stereocenters. The van der Waals surface area contributed by atoms with Crippen LogP contribution in [0.4, 0.5) is 5.82 Å². The van der Waals surface area contributed by atoms with E-state index in [-0.39, 0.29) is 5.11 Å². The molecular formula is C20H25N3O4S. The topological polar surface area (TPSA) is 81.7 Å². The number of carbonyl (C=O) groups is 1. The Hall–Kier alpha value is -2.87. The van der Waals surface area contributed by atoms with E-state index in [1.807, 2.05) is 39.8 Å². The number of rotatable bonds is 8. The van der Waals surface area contributed by atoms with E-state index in [9.17, 15) is 4.79 Å². The minimum Gasteiger partial charge on any atom is -0.490 e. The summed E-state index contributed by atoms with van der Waals surface area (Å²) in [5, 5.41) is 5.69. The molecule has 8 heteroatoms. The van der Waals surface area contributed by atoms with E-state index in [0.717, 1.165) is 5.56 Å². The van der Waals surface area contributed by atoms with Crippen molar-refractivity contribution in [3.05, 3.63) is 41.6 Å². The molecule has 1 aromatic carbocycles. The van der Waals surface area contributed by atoms with Crippen LogP contribution in [0, 0.1) is 6.92 Å². The molecule has 2 rings (SSSR count). The molecule has 1 amide bonds. The predicted molar refractivity (Wildman–Crippen MR) is 113 cm³/mol. The number of benzene rings is 1. The summed E-state index contributed by atoms with van der Waals surface area (Å²) in [6.45, 7) is 8.83. The lowest BCUT2D eigenvalue weighted by atomic mass is 10.1. The number of aryl methyl sites for hydroxylation is 1. The Morgan fingerprint density at radius 2 is 1.64 bits per heavy atom. The van der Waals surface area contributed by atoms with E-state index >= 15 is 0 Å². The summed E-state index contributed by atoms with van der Waals surface area (Å²) in [6, 6.07) is 6.92. The van der Waals surface area contributed by atoms with E-state index in [4.69, 9.17) is 26.4 Å². The number of pyridine rings is 1. The Morgan fingerprint density at radius 3 is 2.18 bits per heavy atom. The normalized spacial score (nSPS) is 10.1. The highest BCUT2D eigenvalue weighted by atomic mass is 32.1. The Bertz CT molecular complexity index is 815. The SMILES string of the molecule is CCOc1cc(C(=O)NC(=S)Nc2cc(C)ccn2)cc(OCC)c1OCC. The molecule has 7 nitrogen and oxygen atoms in total. The molecule has 150 valence electrons. The number of ether oxygens (including phenoxy) is 3. The van der Waals surface area contributed by atoms with E-state index < -0.39 is 5.91 Å². The molecule has 2 aromatic rings. The third kappa shape index (κ3) is 5.82. The number of carbonyl (C=O) groups excluding carboxylic acids is 1. The molecule has 0 radical (unpaired) electrons. The molecule has 1 heterocycles. The monoisotopic (exact) mass is 403 g/mol. The summed E-state index contributed by atoms with van der Waals surface area (Å²) in [6.07, 6.45) is 1.66. The quantitative estimate of drug-likeness (QED) is 0.650. The van der Waals surface area contributed by atoms with E-state index in [1.54, 1.807) is 18.3 Å². The van der Waals surface area contributed by atoms with Crippen molar-refractivity contribution in [2.45, 2.75) is 27.7 Å². The fraction of sp³-hybridized carbons (Fsp3) is 0.350. The van der Waals surface area contributed by atoms with Gasteiger partial charge in [-0.25, -0.2) is 4.98 Å². The van der Waals surface area contributed by atoms with Gasteiger partial charge >= 0.3 is 0 Å². The minimum absolute atomic E-state index is 0.146. The second-order valence-corrected chi connectivity index (χ2v) is 6.14. The van der Waals surface area contributed by atoms with Crippen molar-refractivity contribution >= 4 is 29.1 Å². The molecule has 0 spiro atoms. The number of hydrogen-bond donors (Lipinski definition) is 2. The lowest BCUT2D eigenvalue weighted by molar-refractivity contribution is 0.0976. The third-order valence-corrected chi connectivity index (χ3v) is 3.76. The van der Waals surface area contributed by atoms with Crippen molar-refractivity contribution in [3.63, 3.8) is 0 Å². The van der Waals surface area contributed by atoms with Gasteiger partial charge in [0.1, 0.15) is 5.82 Å². The second kappa shape index (κ2) is 10.5. The van der Waals surface area contributed by atoms with Crippen LogP contribution >= 0.6 is 12.2 Å². The summed E-state index contributed by atoms with van der Waals surface area (Å²) in [5.41, 5.74) is 1.37. The van der Waals surface area contributed by atoms with Crippen LogP contribution in [0.15, 0.2) is 30.5 Å². The standard InChI is InChI=1S/C20H25N3O4S/c1-5-25-15-11-14(12-16(26-6-2)18(15)27-7-3)19(24)23-20(28)22-17-10-13(4)8-9-21-17/h8-12H,5-7H2,1-4H3,(H2,21,22,23,24,28). The fourth-order valence-corrected chi connectivity index (χ4v) is 2.64. The number of amides is 1. The first-order valence-corrected chi connectivity index (χ1v) is 9.50. The van der Waals surface area contributed by atoms with Crippen molar-refractivity contribution < 1.29 is 19.0 Å². The minimum atomic E-state index is -0.393. The fourth-order valence-electron chi connectivity index (χ4n) is 2.45. The highest BCUT2D eigenvalue weighted by molar-refractivity contribution is 7.80. The molecule has 1 aromatic heterocycles. The van der Waals surface area contributed by atoms with Gasteiger partial charge in [-0.05, 0) is 69.7 Å². The summed E-state index contributed by atoms with van der Waals surface area (Å²) < 4.78 is 16.9. The zero-order chi connectivity index (χ0) is 20.5. The Balaban J connectivity index is 2.22. The van der Waals surface area contributed by atoms with Crippen LogP contribution in [0.1, 0.15) is 36.7 Å². The molecule has 0 bridgehead atoms. The van der Waals surface area contributed by atoms with Crippen LogP contribution in [-0.2, 0) is 0 Å². The average molecular weight is 404 g/mol. The van der Waals surface area contributed by atoms with E-state index in [1.165, 1.54) is 0 Å². The molecule has 0 atom stereocenters. The van der Waals surface area contributed by atoms with Gasteiger partial charge in [-0.2, -0.15) is 0 Å². The van der Waals surface area contributed by atoms with Gasteiger partial charge in [0, 0.05) is 11.8 Å². The first-order chi connectivity index (χ1) is 13.5. The number of aromatic nitrogens is 1. The maximum absolute atomic E-state index is 12.7. The van der Waals surface area contributed by atoms with Crippen LogP contribution in [-0.4, -0.2) is 35.8 Å². The molecule has 0 aliphatic rings. The third-order valence-electron chi connectivity index (χ3n) is 3.56. The zero-order valence-electron chi connectivity index (χ0n) is 16.5. The summed E-state index contributed by atoms with van der Waals surface area (Å²) in [4.78, 5) is 16.8. The molecule has 2 N–H and O–H groups in total. The maximum Gasteiger partial charge on any atom is 0.257 e. The second-order valence-electron chi connectivity index (χ2n) is 5.73. The Morgan fingerprint density at radius 1 is 1.04 bits per heavy atom. The number of nitrogens with one attached hydrogen (secondary N) is 2. The van der Waals surface area contributed by atoms with Crippen LogP contribution < -0.4 is 24.8 Å². The number of anilines is 1. The molecule has 28 heavy (non-hydrogen) atoms. The summed E-state index contributed by atoms with van der Waals surface area (Å²) in [7, 11) is 0. The molecule has 0 aliphatic heterocycles. The highest BCUT2D eigenvalue weighted by Gasteiger charge is 2.19. The predicted octanol–water partition coefficient (Wildman–Crippen LogP) is 3.71. The Labute approximate surface area is 170 Å². The number of hydrogen-bond acceptors (Lipinski definition) is 6. The summed E-state index contributed by atoms with van der Waals surface area (Å²) in [5.74, 6) is 1.53. The van der Waals surface area contributed by atoms with Gasteiger partial charge in [-0.15, -0.1) is 0 Å². The van der Waals surface area contributed by atoms with Gasteiger partial charge in [0.25, 0.3) is 5.91 Å². The summed E-state index contributed by atoms with van der Waals surface area (Å²) >= 11 is 5.22. The van der Waals surface area contributed by atoms with Crippen molar-refractivity contribution in [1.29, 1.82) is 0 Å². The lowest BCUT2D eigenvalue weighted by Crippen LogP contribution is -2.34. The van der Waals surface area contributed by atoms with Crippen molar-refractivity contribution in [3.8, 4) is 17.2 Å². The zero-order valence-corrected chi connectivity index (χ0v) is 17.3. The molecule has 0 saturated heterocycles. The van der Waals surface area contributed by atoms with Crippen LogP contribution in [0.3, 0.4) is 0 Å². The van der Waals surface area contributed by atoms with Gasteiger partial charge in [0.05, 0.1) is 19.8 Å². The van der Waals surface area contributed by atoms with Gasteiger partial charge in [0.2, 0.25) is 5.75 Å². The molecule has 0 saturated carbocycles. The lowest BCUT2D eigenvalue weighted by Gasteiger charge is -2.17. The average Bonchev–Trinajstić information content (AvgIpc) is 2.64. The molecule has 0 fully saturated rings. The van der Waals surface area contributed by atoms with Gasteiger partial charge in [-0.1, -0.05) is 0 Å². The molecule has 0 aliphatic carbocycles. The molecular weight excluding hydrogens is 378 g/mol. The maximum atomic E-state index is 12.7. The van der Waals surface area contributed by atoms with Crippen LogP contribution in [0.5, 0.6) is 17.2 Å². The highest BCUT2D eigenvalue weighted by Crippen LogP contribution is 2.39. The van der Waals surface area contributed by atoms with Crippen molar-refractivity contribution in [2.24, 2.45) is 0 Å². The first kappa shape index (κ1) is 21.4. The first-order valence-electron chi connectivity index (χ1n) is 9.09. The number of nitrogens with zero attached hydrogens (tertiary/aromatic N) is 1. The van der Waals surface area contributed by atoms with Crippen LogP contribution in [0.25, 0.3) is 0 Å². The number of thiocarbonyl (C=S) groups is 1. The van der Waals surface area contributed by atoms with Gasteiger partial charge < -0.3 is 19.5 Å². The van der Waals surface area contributed by atoms with E-state index in [0.29, 0.717) is 48.5 Å². The van der Waals surface area contributed by atoms with Crippen molar-refractivity contribution in [2.75, 3.05) is 25.1 Å².